The summed E-state index contributed by atoms with van der Waals surface area (Å²) in [5, 5.41) is 3.27. The van der Waals surface area contributed by atoms with E-state index in [0.717, 1.165) is 5.56 Å². The molecular weight excluding hydrogens is 292 g/mol. The molecule has 1 heterocycles. The van der Waals surface area contributed by atoms with E-state index >= 15 is 0 Å². The van der Waals surface area contributed by atoms with Crippen LogP contribution in [0.1, 0.15) is 26.3 Å². The number of amides is 2. The second-order valence-corrected chi connectivity index (χ2v) is 6.15. The first-order valence-electron chi connectivity index (χ1n) is 6.69. The molecule has 6 heteroatoms. The molecule has 1 aromatic carbocycles. The minimum atomic E-state index is -0.956. The monoisotopic (exact) mass is 310 g/mol. The Morgan fingerprint density at radius 1 is 1.33 bits per heavy atom. The molecule has 1 aromatic rings. The van der Waals surface area contributed by atoms with Crippen LogP contribution in [-0.2, 0) is 9.59 Å². The van der Waals surface area contributed by atoms with Gasteiger partial charge >= 0.3 is 0 Å². The van der Waals surface area contributed by atoms with Gasteiger partial charge in [-0.25, -0.2) is 0 Å². The molecule has 1 N–H and O–H groups in total. The van der Waals surface area contributed by atoms with Crippen LogP contribution in [0.4, 0.5) is 5.69 Å². The standard InChI is InChI=1S/C15H19ClN2O3/c1-8-6-11(12(21-5)7-10(8)16)18-9(2)13(19)17-15(3,4)14(18)20/h6-7,9H,1-5H3,(H,17,19). The molecule has 0 radical (unpaired) electrons. The fourth-order valence-corrected chi connectivity index (χ4v) is 2.53. The Morgan fingerprint density at radius 3 is 2.52 bits per heavy atom. The van der Waals surface area contributed by atoms with Gasteiger partial charge < -0.3 is 10.1 Å². The van der Waals surface area contributed by atoms with E-state index in [1.165, 1.54) is 12.0 Å². The first-order valence-corrected chi connectivity index (χ1v) is 7.06. The molecule has 1 aliphatic heterocycles. The fraction of sp³-hybridized carbons (Fsp3) is 0.467. The van der Waals surface area contributed by atoms with Crippen molar-refractivity contribution >= 4 is 29.1 Å². The molecule has 1 aliphatic rings. The second-order valence-electron chi connectivity index (χ2n) is 5.74. The third-order valence-corrected chi connectivity index (χ3v) is 4.08. The van der Waals surface area contributed by atoms with Crippen LogP contribution in [0.25, 0.3) is 0 Å². The van der Waals surface area contributed by atoms with Crippen LogP contribution in [-0.4, -0.2) is 30.5 Å². The molecule has 2 rings (SSSR count). The van der Waals surface area contributed by atoms with E-state index in [0.29, 0.717) is 16.5 Å². The largest absolute Gasteiger partial charge is 0.495 e. The number of rotatable bonds is 2. The van der Waals surface area contributed by atoms with Crippen molar-refractivity contribution in [2.24, 2.45) is 0 Å². The van der Waals surface area contributed by atoms with E-state index in [-0.39, 0.29) is 11.8 Å². The van der Waals surface area contributed by atoms with Crippen molar-refractivity contribution in [2.75, 3.05) is 12.0 Å². The van der Waals surface area contributed by atoms with Crippen molar-refractivity contribution in [1.29, 1.82) is 0 Å². The highest BCUT2D eigenvalue weighted by Gasteiger charge is 2.45. The number of anilines is 1. The predicted molar refractivity (Wildman–Crippen MR) is 81.9 cm³/mol. The Hall–Kier alpha value is -1.75. The highest BCUT2D eigenvalue weighted by atomic mass is 35.5. The van der Waals surface area contributed by atoms with Crippen molar-refractivity contribution in [3.63, 3.8) is 0 Å². The molecule has 0 aliphatic carbocycles. The quantitative estimate of drug-likeness (QED) is 0.911. The lowest BCUT2D eigenvalue weighted by atomic mass is 9.96. The fourth-order valence-electron chi connectivity index (χ4n) is 2.38. The normalized spacial score (nSPS) is 21.2. The highest BCUT2D eigenvalue weighted by Crippen LogP contribution is 2.37. The molecule has 0 bridgehead atoms. The number of methoxy groups -OCH3 is 1. The summed E-state index contributed by atoms with van der Waals surface area (Å²) in [4.78, 5) is 26.3. The number of hydrogen-bond donors (Lipinski definition) is 1. The summed E-state index contributed by atoms with van der Waals surface area (Å²) in [5.74, 6) is 0.0835. The van der Waals surface area contributed by atoms with E-state index in [1.807, 2.05) is 6.92 Å². The first-order chi connectivity index (χ1) is 9.69. The van der Waals surface area contributed by atoms with Crippen LogP contribution in [0.2, 0.25) is 5.02 Å². The Morgan fingerprint density at radius 2 is 1.95 bits per heavy atom. The smallest absolute Gasteiger partial charge is 0.253 e. The van der Waals surface area contributed by atoms with Crippen molar-refractivity contribution in [1.82, 2.24) is 5.32 Å². The molecule has 1 unspecified atom stereocenters. The van der Waals surface area contributed by atoms with Gasteiger partial charge in [0, 0.05) is 11.1 Å². The molecule has 114 valence electrons. The Labute approximate surface area is 129 Å². The summed E-state index contributed by atoms with van der Waals surface area (Å²) in [6.45, 7) is 6.89. The molecule has 1 saturated heterocycles. The molecule has 1 fully saturated rings. The van der Waals surface area contributed by atoms with Crippen LogP contribution in [0.5, 0.6) is 5.75 Å². The average molecular weight is 311 g/mol. The van der Waals surface area contributed by atoms with E-state index in [2.05, 4.69) is 5.32 Å². The van der Waals surface area contributed by atoms with E-state index in [1.54, 1.807) is 32.9 Å². The second kappa shape index (κ2) is 5.22. The van der Waals surface area contributed by atoms with Gasteiger partial charge in [0.05, 0.1) is 12.8 Å². The summed E-state index contributed by atoms with van der Waals surface area (Å²) < 4.78 is 5.32. The number of nitrogens with zero attached hydrogens (tertiary/aromatic N) is 1. The number of nitrogens with one attached hydrogen (secondary N) is 1. The van der Waals surface area contributed by atoms with Crippen molar-refractivity contribution in [3.05, 3.63) is 22.7 Å². The van der Waals surface area contributed by atoms with Crippen LogP contribution >= 0.6 is 11.6 Å². The zero-order chi connectivity index (χ0) is 15.9. The summed E-state index contributed by atoms with van der Waals surface area (Å²) in [6, 6.07) is 2.82. The average Bonchev–Trinajstić information content (AvgIpc) is 2.40. The van der Waals surface area contributed by atoms with Gasteiger partial charge in [0.1, 0.15) is 17.3 Å². The highest BCUT2D eigenvalue weighted by molar-refractivity contribution is 6.31. The minimum absolute atomic E-state index is 0.186. The van der Waals surface area contributed by atoms with Crippen LogP contribution < -0.4 is 15.0 Å². The van der Waals surface area contributed by atoms with E-state index in [4.69, 9.17) is 16.3 Å². The van der Waals surface area contributed by atoms with Crippen LogP contribution in [0.3, 0.4) is 0 Å². The summed E-state index contributed by atoms with van der Waals surface area (Å²) in [5.41, 5.74) is 0.415. The van der Waals surface area contributed by atoms with E-state index < -0.39 is 11.6 Å². The molecule has 0 saturated carbocycles. The van der Waals surface area contributed by atoms with Gasteiger partial charge in [-0.3, -0.25) is 14.5 Å². The van der Waals surface area contributed by atoms with Gasteiger partial charge in [-0.15, -0.1) is 0 Å². The molecule has 0 spiro atoms. The SMILES string of the molecule is COc1cc(Cl)c(C)cc1N1C(=O)C(C)(C)NC(=O)C1C. The van der Waals surface area contributed by atoms with Gasteiger partial charge in [-0.1, -0.05) is 11.6 Å². The maximum Gasteiger partial charge on any atom is 0.253 e. The van der Waals surface area contributed by atoms with Crippen molar-refractivity contribution in [2.45, 2.75) is 39.3 Å². The molecule has 5 nitrogen and oxygen atoms in total. The van der Waals surface area contributed by atoms with Crippen LogP contribution in [0, 0.1) is 6.92 Å². The Kier molecular flexibility index (Phi) is 3.89. The first kappa shape index (κ1) is 15.6. The maximum atomic E-state index is 12.7. The number of carbonyl (C=O) groups excluding carboxylic acids is 2. The lowest BCUT2D eigenvalue weighted by Gasteiger charge is -2.41. The number of halogens is 1. The zero-order valence-corrected chi connectivity index (χ0v) is 13.5. The molecule has 1 atom stereocenters. The summed E-state index contributed by atoms with van der Waals surface area (Å²) >= 11 is 6.10. The molecule has 0 aromatic heterocycles. The van der Waals surface area contributed by atoms with Gasteiger partial charge in [0.15, 0.2) is 0 Å². The zero-order valence-electron chi connectivity index (χ0n) is 12.8. The van der Waals surface area contributed by atoms with E-state index in [9.17, 15) is 9.59 Å². The van der Waals surface area contributed by atoms with Gasteiger partial charge in [-0.2, -0.15) is 0 Å². The summed E-state index contributed by atoms with van der Waals surface area (Å²) in [7, 11) is 1.51. The van der Waals surface area contributed by atoms with Crippen molar-refractivity contribution < 1.29 is 14.3 Å². The number of aryl methyl sites for hydroxylation is 1. The number of ether oxygens (including phenoxy) is 1. The number of benzene rings is 1. The topological polar surface area (TPSA) is 58.6 Å². The van der Waals surface area contributed by atoms with Gasteiger partial charge in [-0.05, 0) is 39.3 Å². The van der Waals surface area contributed by atoms with Gasteiger partial charge in [0.2, 0.25) is 5.91 Å². The van der Waals surface area contributed by atoms with Crippen LogP contribution in [0.15, 0.2) is 12.1 Å². The molecular formula is C15H19ClN2O3. The number of hydrogen-bond acceptors (Lipinski definition) is 3. The maximum absolute atomic E-state index is 12.7. The third kappa shape index (κ3) is 2.58. The molecule has 21 heavy (non-hydrogen) atoms. The number of piperazine rings is 1. The minimum Gasteiger partial charge on any atom is -0.495 e. The summed E-state index contributed by atoms with van der Waals surface area (Å²) in [6.07, 6.45) is 0. The lowest BCUT2D eigenvalue weighted by Crippen LogP contribution is -2.67. The lowest BCUT2D eigenvalue weighted by molar-refractivity contribution is -0.136. The third-order valence-electron chi connectivity index (χ3n) is 3.68. The van der Waals surface area contributed by atoms with Gasteiger partial charge in [0.25, 0.3) is 5.91 Å². The number of carbonyl (C=O) groups is 2. The molecule has 2 amide bonds. The Bertz CT molecular complexity index is 613. The Balaban J connectivity index is 2.60. The van der Waals surface area contributed by atoms with Crippen molar-refractivity contribution in [3.8, 4) is 5.75 Å². The predicted octanol–water partition coefficient (Wildman–Crippen LogP) is 2.29.